The Hall–Kier alpha value is -4.14. The van der Waals surface area contributed by atoms with Crippen molar-refractivity contribution in [3.8, 4) is 11.5 Å². The molecule has 21 heteroatoms. The second-order valence-corrected chi connectivity index (χ2v) is 13.1. The summed E-state index contributed by atoms with van der Waals surface area (Å²) in [5.74, 6) is -1.95. The maximum atomic E-state index is 13.7. The molecule has 1 saturated heterocycles. The quantitative estimate of drug-likeness (QED) is 0.266. The molecule has 2 aromatic carbocycles. The molecule has 1 N–H and O–H groups in total. The number of rotatable bonds is 8. The van der Waals surface area contributed by atoms with Gasteiger partial charge in [-0.1, -0.05) is 35.1 Å². The summed E-state index contributed by atoms with van der Waals surface area (Å²) in [7, 11) is -4.49. The molecule has 47 heavy (non-hydrogen) atoms. The van der Waals surface area contributed by atoms with E-state index < -0.39 is 56.7 Å². The van der Waals surface area contributed by atoms with Crippen molar-refractivity contribution in [3.05, 3.63) is 75.2 Å². The average molecular weight is 727 g/mol. The first-order valence-corrected chi connectivity index (χ1v) is 15.9. The summed E-state index contributed by atoms with van der Waals surface area (Å²) in [5, 5.41) is 6.89. The van der Waals surface area contributed by atoms with Crippen LogP contribution in [0.2, 0.25) is 5.02 Å². The Balaban J connectivity index is 1.41. The zero-order valence-electron chi connectivity index (χ0n) is 23.7. The molecule has 3 heterocycles. The van der Waals surface area contributed by atoms with Crippen LogP contribution in [0.1, 0.15) is 11.3 Å². The van der Waals surface area contributed by atoms with Crippen molar-refractivity contribution in [3.63, 3.8) is 0 Å². The van der Waals surface area contributed by atoms with Crippen molar-refractivity contribution in [2.75, 3.05) is 24.5 Å². The number of hydrogen-bond donors (Lipinski definition) is 1. The fourth-order valence-electron chi connectivity index (χ4n) is 4.55. The standard InChI is InChI=1S/C26H21ClF6N6O6S2/c1-14-20(27)22(41)39-23(35-14)46-24(36-39)37-10-11-38(47(42,43)18-8-6-17(7-9-18)45-26(31,32)33)19(13-37)21(40)34-12-15-2-4-16(5-3-15)44-25(28,29)30/h2-9,19H,10-13H2,1H3,(H,34,40)/t19-/m1/s1. The lowest BCUT2D eigenvalue weighted by Crippen LogP contribution is -2.60. The molecule has 1 amide bonds. The summed E-state index contributed by atoms with van der Waals surface area (Å²) < 4.78 is 112. The van der Waals surface area contributed by atoms with E-state index in [-0.39, 0.29) is 47.0 Å². The number of benzene rings is 2. The van der Waals surface area contributed by atoms with Crippen LogP contribution in [0, 0.1) is 6.92 Å². The minimum Gasteiger partial charge on any atom is -0.406 e. The number of aryl methyl sites for hydroxylation is 1. The predicted molar refractivity (Wildman–Crippen MR) is 155 cm³/mol. The van der Waals surface area contributed by atoms with Crippen LogP contribution in [-0.2, 0) is 21.4 Å². The molecular weight excluding hydrogens is 706 g/mol. The molecule has 1 aliphatic heterocycles. The van der Waals surface area contributed by atoms with Gasteiger partial charge in [-0.05, 0) is 48.9 Å². The highest BCUT2D eigenvalue weighted by Crippen LogP contribution is 2.30. The Labute approximate surface area is 270 Å². The van der Waals surface area contributed by atoms with E-state index in [0.717, 1.165) is 56.6 Å². The van der Waals surface area contributed by atoms with E-state index >= 15 is 0 Å². The number of amides is 1. The average Bonchev–Trinajstić information content (AvgIpc) is 3.42. The molecule has 0 bridgehead atoms. The number of fused-ring (bicyclic) bond motifs is 1. The molecule has 0 saturated carbocycles. The Morgan fingerprint density at radius 2 is 1.57 bits per heavy atom. The SMILES string of the molecule is Cc1nc2sc(N3CCN(S(=O)(=O)c4ccc(OC(F)(F)F)cc4)[C@@H](C(=O)NCc4ccc(OC(F)(F)F)cc4)C3)nn2c(=O)c1Cl. The molecule has 0 radical (unpaired) electrons. The van der Waals surface area contributed by atoms with E-state index in [1.54, 1.807) is 4.90 Å². The number of sulfonamides is 1. The first kappa shape index (κ1) is 34.2. The maximum Gasteiger partial charge on any atom is 0.573 e. The van der Waals surface area contributed by atoms with Crippen LogP contribution in [-0.4, -0.2) is 71.6 Å². The molecule has 2 aromatic heterocycles. The van der Waals surface area contributed by atoms with Gasteiger partial charge in [0.05, 0.1) is 10.6 Å². The lowest BCUT2D eigenvalue weighted by molar-refractivity contribution is -0.275. The number of ether oxygens (including phenoxy) is 2. The molecular formula is C26H21ClF6N6O6S2. The van der Waals surface area contributed by atoms with E-state index in [4.69, 9.17) is 11.6 Å². The minimum absolute atomic E-state index is 0.0137. The number of halogens is 7. The monoisotopic (exact) mass is 726 g/mol. The minimum atomic E-state index is -5.00. The van der Waals surface area contributed by atoms with Crippen molar-refractivity contribution in [2.45, 2.75) is 37.1 Å². The molecule has 1 atom stereocenters. The molecule has 1 aliphatic rings. The summed E-state index contributed by atoms with van der Waals surface area (Å²) in [6.45, 7) is 0.742. The molecule has 5 rings (SSSR count). The lowest BCUT2D eigenvalue weighted by Gasteiger charge is -2.39. The summed E-state index contributed by atoms with van der Waals surface area (Å²) in [6, 6.07) is 6.62. The van der Waals surface area contributed by atoms with Crippen LogP contribution in [0.25, 0.3) is 4.96 Å². The first-order valence-electron chi connectivity index (χ1n) is 13.2. The number of carbonyl (C=O) groups excluding carboxylic acids is 1. The van der Waals surface area contributed by atoms with E-state index in [9.17, 15) is 44.3 Å². The van der Waals surface area contributed by atoms with Crippen LogP contribution in [0.3, 0.4) is 0 Å². The molecule has 0 unspecified atom stereocenters. The van der Waals surface area contributed by atoms with Crippen molar-refractivity contribution in [2.24, 2.45) is 0 Å². The van der Waals surface area contributed by atoms with E-state index in [1.807, 2.05) is 0 Å². The highest BCUT2D eigenvalue weighted by atomic mass is 35.5. The predicted octanol–water partition coefficient (Wildman–Crippen LogP) is 4.11. The molecule has 4 aromatic rings. The highest BCUT2D eigenvalue weighted by molar-refractivity contribution is 7.89. The van der Waals surface area contributed by atoms with Gasteiger partial charge in [0.25, 0.3) is 5.56 Å². The third-order valence-corrected chi connectivity index (χ3v) is 10.0. The summed E-state index contributed by atoms with van der Waals surface area (Å²) in [4.78, 5) is 31.7. The number of nitrogens with zero attached hydrogens (tertiary/aromatic N) is 5. The molecule has 12 nitrogen and oxygen atoms in total. The number of carbonyl (C=O) groups is 1. The summed E-state index contributed by atoms with van der Waals surface area (Å²) >= 11 is 7.01. The van der Waals surface area contributed by atoms with Crippen LogP contribution in [0.4, 0.5) is 31.5 Å². The highest BCUT2D eigenvalue weighted by Gasteiger charge is 2.41. The van der Waals surface area contributed by atoms with Gasteiger partial charge in [-0.15, -0.1) is 31.4 Å². The number of piperazine rings is 1. The van der Waals surface area contributed by atoms with Crippen molar-refractivity contribution in [1.29, 1.82) is 0 Å². The second-order valence-electron chi connectivity index (χ2n) is 9.90. The molecule has 0 aliphatic carbocycles. The third kappa shape index (κ3) is 7.88. The zero-order valence-corrected chi connectivity index (χ0v) is 26.1. The lowest BCUT2D eigenvalue weighted by atomic mass is 10.2. The van der Waals surface area contributed by atoms with Gasteiger partial charge in [-0.3, -0.25) is 9.59 Å². The van der Waals surface area contributed by atoms with Crippen LogP contribution < -0.4 is 25.2 Å². The zero-order chi connectivity index (χ0) is 34.3. The van der Waals surface area contributed by atoms with Gasteiger partial charge >= 0.3 is 12.7 Å². The molecule has 0 spiro atoms. The van der Waals surface area contributed by atoms with Crippen molar-refractivity contribution >= 4 is 49.0 Å². The largest absolute Gasteiger partial charge is 0.573 e. The Bertz CT molecular complexity index is 1950. The van der Waals surface area contributed by atoms with E-state index in [0.29, 0.717) is 5.56 Å². The second kappa shape index (κ2) is 12.8. The number of aromatic nitrogens is 3. The smallest absolute Gasteiger partial charge is 0.406 e. The molecule has 1 fully saturated rings. The number of alkyl halides is 6. The Kier molecular flexibility index (Phi) is 9.32. The van der Waals surface area contributed by atoms with E-state index in [1.165, 1.54) is 19.1 Å². The number of hydrogen-bond acceptors (Lipinski definition) is 10. The maximum absolute atomic E-state index is 13.7. The van der Waals surface area contributed by atoms with Gasteiger partial charge in [0.15, 0.2) is 0 Å². The Morgan fingerprint density at radius 3 is 2.15 bits per heavy atom. The van der Waals surface area contributed by atoms with Gasteiger partial charge < -0.3 is 19.7 Å². The van der Waals surface area contributed by atoms with Gasteiger partial charge in [0, 0.05) is 26.2 Å². The third-order valence-electron chi connectivity index (χ3n) is 6.70. The van der Waals surface area contributed by atoms with Crippen molar-refractivity contribution in [1.82, 2.24) is 24.2 Å². The fourth-order valence-corrected chi connectivity index (χ4v) is 7.22. The molecule has 252 valence electrons. The normalized spacial score (nSPS) is 16.3. The van der Waals surface area contributed by atoms with Crippen molar-refractivity contribution < 1.29 is 49.0 Å². The summed E-state index contributed by atoms with van der Waals surface area (Å²) in [5.41, 5.74) is 0.000495. The number of anilines is 1. The van der Waals surface area contributed by atoms with Crippen LogP contribution in [0.5, 0.6) is 11.5 Å². The Morgan fingerprint density at radius 1 is 1.00 bits per heavy atom. The van der Waals surface area contributed by atoms with Gasteiger partial charge in [0.1, 0.15) is 22.6 Å². The van der Waals surface area contributed by atoms with Gasteiger partial charge in [-0.2, -0.15) is 8.82 Å². The summed E-state index contributed by atoms with van der Waals surface area (Å²) in [6.07, 6.45) is -9.90. The first-order chi connectivity index (χ1) is 21.9. The fraction of sp³-hybridized carbons (Fsp3) is 0.308. The van der Waals surface area contributed by atoms with Crippen LogP contribution in [0.15, 0.2) is 58.2 Å². The topological polar surface area (TPSA) is 135 Å². The van der Waals surface area contributed by atoms with Gasteiger partial charge in [-0.25, -0.2) is 13.4 Å². The van der Waals surface area contributed by atoms with Crippen LogP contribution >= 0.6 is 22.9 Å². The van der Waals surface area contributed by atoms with E-state index in [2.05, 4.69) is 24.9 Å². The number of nitrogens with one attached hydrogen (secondary N) is 1. The van der Waals surface area contributed by atoms with Gasteiger partial charge in [0.2, 0.25) is 26.0 Å².